The van der Waals surface area contributed by atoms with E-state index in [1.54, 1.807) is 25.1 Å². The Morgan fingerprint density at radius 1 is 1.24 bits per heavy atom. The number of nitrogens with zero attached hydrogens (tertiary/aromatic N) is 1. The van der Waals surface area contributed by atoms with E-state index in [2.05, 4.69) is 31.0 Å². The van der Waals surface area contributed by atoms with Crippen molar-refractivity contribution in [2.24, 2.45) is 0 Å². The van der Waals surface area contributed by atoms with E-state index in [-0.39, 0.29) is 11.4 Å². The molecular weight excluding hydrogens is 351 g/mol. The maximum atomic E-state index is 12.4. The van der Waals surface area contributed by atoms with Crippen molar-refractivity contribution < 1.29 is 17.9 Å². The van der Waals surface area contributed by atoms with Crippen molar-refractivity contribution in [1.82, 2.24) is 4.98 Å². The van der Waals surface area contributed by atoms with Crippen molar-refractivity contribution in [1.29, 1.82) is 0 Å². The Labute approximate surface area is 127 Å². The SMILES string of the molecule is Cc1nc(Nc2ccc(Br)cc2OC(F)(F)F)ccc1N. The first-order valence-corrected chi connectivity index (χ1v) is 6.59. The van der Waals surface area contributed by atoms with Gasteiger partial charge in [0.05, 0.1) is 17.1 Å². The highest BCUT2D eigenvalue weighted by molar-refractivity contribution is 9.10. The number of alkyl halides is 3. The van der Waals surface area contributed by atoms with Crippen LogP contribution >= 0.6 is 15.9 Å². The van der Waals surface area contributed by atoms with E-state index in [0.717, 1.165) is 0 Å². The quantitative estimate of drug-likeness (QED) is 0.851. The summed E-state index contributed by atoms with van der Waals surface area (Å²) in [6.07, 6.45) is -4.78. The fourth-order valence-electron chi connectivity index (χ4n) is 1.59. The number of hydrogen-bond acceptors (Lipinski definition) is 4. The van der Waals surface area contributed by atoms with Gasteiger partial charge in [-0.3, -0.25) is 0 Å². The minimum atomic E-state index is -4.78. The lowest BCUT2D eigenvalue weighted by molar-refractivity contribution is -0.274. The summed E-state index contributed by atoms with van der Waals surface area (Å²) in [6, 6.07) is 7.46. The van der Waals surface area contributed by atoms with Crippen molar-refractivity contribution in [3.05, 3.63) is 40.5 Å². The second-order valence-corrected chi connectivity index (χ2v) is 5.10. The fraction of sp³-hybridized carbons (Fsp3) is 0.154. The Bertz CT molecular complexity index is 662. The van der Waals surface area contributed by atoms with Crippen LogP contribution in [0.15, 0.2) is 34.8 Å². The highest BCUT2D eigenvalue weighted by atomic mass is 79.9. The number of aromatic nitrogens is 1. The molecule has 3 N–H and O–H groups in total. The van der Waals surface area contributed by atoms with Gasteiger partial charge in [0.15, 0.2) is 5.75 Å². The second kappa shape index (κ2) is 5.80. The molecule has 2 aromatic rings. The van der Waals surface area contributed by atoms with Crippen LogP contribution < -0.4 is 15.8 Å². The fourth-order valence-corrected chi connectivity index (χ4v) is 1.93. The van der Waals surface area contributed by atoms with Crippen LogP contribution in [-0.2, 0) is 0 Å². The molecule has 0 bridgehead atoms. The maximum absolute atomic E-state index is 12.4. The molecule has 21 heavy (non-hydrogen) atoms. The Morgan fingerprint density at radius 2 is 1.95 bits per heavy atom. The molecule has 0 saturated carbocycles. The standard InChI is InChI=1S/C13H11BrF3N3O/c1-7-9(18)3-5-12(19-7)20-10-4-2-8(14)6-11(10)21-13(15,16)17/h2-6H,18H2,1H3,(H,19,20). The Balaban J connectivity index is 2.32. The van der Waals surface area contributed by atoms with Gasteiger partial charge < -0.3 is 15.8 Å². The van der Waals surface area contributed by atoms with Crippen molar-refractivity contribution in [2.75, 3.05) is 11.1 Å². The summed E-state index contributed by atoms with van der Waals surface area (Å²) in [7, 11) is 0. The van der Waals surface area contributed by atoms with Gasteiger partial charge in [-0.2, -0.15) is 0 Å². The van der Waals surface area contributed by atoms with Gasteiger partial charge in [-0.25, -0.2) is 4.98 Å². The molecule has 0 aliphatic heterocycles. The van der Waals surface area contributed by atoms with Gasteiger partial charge in [-0.05, 0) is 37.3 Å². The normalized spacial score (nSPS) is 11.3. The summed E-state index contributed by atoms with van der Waals surface area (Å²) in [5, 5.41) is 2.78. The third-order valence-corrected chi connectivity index (χ3v) is 3.05. The lowest BCUT2D eigenvalue weighted by Gasteiger charge is -2.15. The first kappa shape index (κ1) is 15.4. The monoisotopic (exact) mass is 361 g/mol. The minimum absolute atomic E-state index is 0.146. The van der Waals surface area contributed by atoms with E-state index in [9.17, 15) is 13.2 Å². The van der Waals surface area contributed by atoms with Crippen LogP contribution in [-0.4, -0.2) is 11.3 Å². The third kappa shape index (κ3) is 4.25. The van der Waals surface area contributed by atoms with Gasteiger partial charge >= 0.3 is 6.36 Å². The van der Waals surface area contributed by atoms with Crippen LogP contribution in [0.25, 0.3) is 0 Å². The van der Waals surface area contributed by atoms with Gasteiger partial charge in [0, 0.05) is 4.47 Å². The number of nitrogen functional groups attached to an aromatic ring is 1. The number of ether oxygens (including phenoxy) is 1. The van der Waals surface area contributed by atoms with E-state index < -0.39 is 6.36 Å². The largest absolute Gasteiger partial charge is 0.573 e. The molecule has 0 radical (unpaired) electrons. The van der Waals surface area contributed by atoms with Gasteiger partial charge in [-0.1, -0.05) is 15.9 Å². The summed E-state index contributed by atoms with van der Waals surface area (Å²) in [6.45, 7) is 1.70. The molecule has 0 aliphatic rings. The number of pyridine rings is 1. The summed E-state index contributed by atoms with van der Waals surface area (Å²) >= 11 is 3.10. The third-order valence-electron chi connectivity index (χ3n) is 2.56. The molecule has 112 valence electrons. The van der Waals surface area contributed by atoms with Crippen LogP contribution in [0.3, 0.4) is 0 Å². The smallest absolute Gasteiger partial charge is 0.404 e. The van der Waals surface area contributed by atoms with Gasteiger partial charge in [-0.15, -0.1) is 13.2 Å². The summed E-state index contributed by atoms with van der Waals surface area (Å²) < 4.78 is 41.7. The molecule has 0 fully saturated rings. The number of halogens is 4. The number of rotatable bonds is 3. The van der Waals surface area contributed by atoms with Crippen LogP contribution in [0.5, 0.6) is 5.75 Å². The first-order chi connectivity index (χ1) is 9.74. The zero-order chi connectivity index (χ0) is 15.6. The van der Waals surface area contributed by atoms with E-state index in [1.807, 2.05) is 0 Å². The molecule has 0 amide bonds. The van der Waals surface area contributed by atoms with E-state index in [0.29, 0.717) is 21.7 Å². The second-order valence-electron chi connectivity index (χ2n) is 4.18. The van der Waals surface area contributed by atoms with Crippen LogP contribution in [0.1, 0.15) is 5.69 Å². The maximum Gasteiger partial charge on any atom is 0.573 e. The molecule has 1 aromatic heterocycles. The molecule has 0 saturated heterocycles. The van der Waals surface area contributed by atoms with Gasteiger partial charge in [0.25, 0.3) is 0 Å². The predicted octanol–water partition coefficient (Wildman–Crippen LogP) is 4.38. The highest BCUT2D eigenvalue weighted by Gasteiger charge is 2.32. The molecule has 0 unspecified atom stereocenters. The van der Waals surface area contributed by atoms with Crippen molar-refractivity contribution in [3.8, 4) is 5.75 Å². The molecule has 1 heterocycles. The highest BCUT2D eigenvalue weighted by Crippen LogP contribution is 2.34. The van der Waals surface area contributed by atoms with E-state index >= 15 is 0 Å². The molecule has 0 aliphatic carbocycles. The zero-order valence-corrected chi connectivity index (χ0v) is 12.4. The molecule has 0 spiro atoms. The van der Waals surface area contributed by atoms with Crippen LogP contribution in [0, 0.1) is 6.92 Å². The Hall–Kier alpha value is -1.96. The van der Waals surface area contributed by atoms with Crippen LogP contribution in [0.4, 0.5) is 30.4 Å². The molecule has 0 atom stereocenters. The number of nitrogens with one attached hydrogen (secondary N) is 1. The molecule has 4 nitrogen and oxygen atoms in total. The van der Waals surface area contributed by atoms with Crippen LogP contribution in [0.2, 0.25) is 0 Å². The average molecular weight is 362 g/mol. The molecule has 2 rings (SSSR count). The lowest BCUT2D eigenvalue weighted by atomic mass is 10.2. The predicted molar refractivity (Wildman–Crippen MR) is 77.5 cm³/mol. The Kier molecular flexibility index (Phi) is 4.26. The van der Waals surface area contributed by atoms with Gasteiger partial charge in [0.2, 0.25) is 0 Å². The van der Waals surface area contributed by atoms with E-state index in [4.69, 9.17) is 5.73 Å². The summed E-state index contributed by atoms with van der Waals surface area (Å²) in [5.41, 5.74) is 6.87. The number of nitrogens with two attached hydrogens (primary N) is 1. The minimum Gasteiger partial charge on any atom is -0.404 e. The van der Waals surface area contributed by atoms with Crippen molar-refractivity contribution in [3.63, 3.8) is 0 Å². The summed E-state index contributed by atoms with van der Waals surface area (Å²) in [5.74, 6) is 0.0178. The molecule has 1 aromatic carbocycles. The first-order valence-electron chi connectivity index (χ1n) is 5.80. The molecule has 8 heteroatoms. The number of benzene rings is 1. The number of aryl methyl sites for hydroxylation is 1. The summed E-state index contributed by atoms with van der Waals surface area (Å²) in [4.78, 5) is 4.14. The van der Waals surface area contributed by atoms with Crippen molar-refractivity contribution >= 4 is 33.1 Å². The topological polar surface area (TPSA) is 60.2 Å². The number of hydrogen-bond donors (Lipinski definition) is 2. The van der Waals surface area contributed by atoms with Crippen molar-refractivity contribution in [2.45, 2.75) is 13.3 Å². The van der Waals surface area contributed by atoms with E-state index in [1.165, 1.54) is 12.1 Å². The van der Waals surface area contributed by atoms with Gasteiger partial charge in [0.1, 0.15) is 5.82 Å². The Morgan fingerprint density at radius 3 is 2.57 bits per heavy atom. The number of anilines is 3. The average Bonchev–Trinajstić information content (AvgIpc) is 2.35. The lowest BCUT2D eigenvalue weighted by Crippen LogP contribution is -2.18. The molecular formula is C13H11BrF3N3O. The zero-order valence-electron chi connectivity index (χ0n) is 10.8.